The number of esters is 3. The highest BCUT2D eigenvalue weighted by molar-refractivity contribution is 5.71. The molecule has 0 saturated heterocycles. The Morgan fingerprint density at radius 2 is 0.571 bits per heavy atom. The molecule has 0 radical (unpaired) electrons. The minimum atomic E-state index is -0.914. The van der Waals surface area contributed by atoms with Crippen molar-refractivity contribution in [2.24, 2.45) is 0 Å². The van der Waals surface area contributed by atoms with E-state index in [0.29, 0.717) is 0 Å². The predicted molar refractivity (Wildman–Crippen MR) is 255 cm³/mol. The first kappa shape index (κ1) is 57.1. The van der Waals surface area contributed by atoms with Crippen LogP contribution in [-0.2, 0) is 48.2 Å². The molecule has 0 fully saturated rings. The maximum absolute atomic E-state index is 13.5. The van der Waals surface area contributed by atoms with Crippen LogP contribution in [0, 0.1) is 0 Å². The molecular formula is C51H87N3O9. The standard InChI is InChI=1S/C51H87N3O9/c1-4-7-10-13-16-19-22-25-28-31-34-37-46(55)61-43-40-52-49(58)53(41-44-62-47(56)38-35-32-29-26-23-20-17-14-11-8-5-2)51(60)54(50(52)59)42-45-63-48(57)39-36-33-30-27-24-21-18-15-12-9-6-3/h31-36H,4-30,37-45H2,1-3H3/b34-31+,35-32+,36-33+. The van der Waals surface area contributed by atoms with Gasteiger partial charge in [-0.05, 0) is 38.5 Å². The largest absolute Gasteiger partial charge is 0.464 e. The zero-order valence-corrected chi connectivity index (χ0v) is 39.9. The number of ether oxygens (including phenoxy) is 3. The minimum absolute atomic E-state index is 0.0646. The number of rotatable bonds is 42. The molecule has 360 valence electrons. The van der Waals surface area contributed by atoms with Crippen LogP contribution in [0.25, 0.3) is 0 Å². The molecule has 12 heteroatoms. The third kappa shape index (κ3) is 30.7. The predicted octanol–water partition coefficient (Wildman–Crippen LogP) is 11.2. The SMILES string of the molecule is CCCCCCCCCC/C=C/CC(=O)OCCn1c(=O)n(CCOC(=O)C/C=C/CCCCCCCCCC)c(=O)n(CCOC(=O)C/C=C/CCCCCCCCCC)c1=O. The lowest BCUT2D eigenvalue weighted by Crippen LogP contribution is -2.55. The van der Waals surface area contributed by atoms with Gasteiger partial charge in [0.05, 0.1) is 38.9 Å². The second-order valence-corrected chi connectivity index (χ2v) is 16.8. The molecule has 0 N–H and O–H groups in total. The zero-order chi connectivity index (χ0) is 46.0. The summed E-state index contributed by atoms with van der Waals surface area (Å²) < 4.78 is 18.4. The Kier molecular flexibility index (Phi) is 36.9. The van der Waals surface area contributed by atoms with Crippen LogP contribution < -0.4 is 17.1 Å². The molecule has 63 heavy (non-hydrogen) atoms. The van der Waals surface area contributed by atoms with Crippen molar-refractivity contribution in [2.75, 3.05) is 19.8 Å². The zero-order valence-electron chi connectivity index (χ0n) is 39.9. The Balaban J connectivity index is 2.75. The lowest BCUT2D eigenvalue weighted by molar-refractivity contribution is -0.143. The van der Waals surface area contributed by atoms with Gasteiger partial charge in [0.2, 0.25) is 0 Å². The van der Waals surface area contributed by atoms with Crippen LogP contribution >= 0.6 is 0 Å². The van der Waals surface area contributed by atoms with Gasteiger partial charge < -0.3 is 14.2 Å². The molecule has 1 aromatic heterocycles. The van der Waals surface area contributed by atoms with E-state index in [0.717, 1.165) is 71.5 Å². The van der Waals surface area contributed by atoms with Crippen LogP contribution in [0.5, 0.6) is 0 Å². The molecule has 0 aromatic carbocycles. The third-order valence-electron chi connectivity index (χ3n) is 11.1. The monoisotopic (exact) mass is 886 g/mol. The third-order valence-corrected chi connectivity index (χ3v) is 11.1. The molecule has 0 amide bonds. The van der Waals surface area contributed by atoms with Gasteiger partial charge in [0.1, 0.15) is 19.8 Å². The molecule has 12 nitrogen and oxygen atoms in total. The van der Waals surface area contributed by atoms with Crippen molar-refractivity contribution >= 4 is 17.9 Å². The lowest BCUT2D eigenvalue weighted by Gasteiger charge is -2.14. The van der Waals surface area contributed by atoms with Gasteiger partial charge in [-0.1, -0.05) is 192 Å². The summed E-state index contributed by atoms with van der Waals surface area (Å²) in [4.78, 5) is 77.7. The Bertz CT molecular complexity index is 1390. The smallest absolute Gasteiger partial charge is 0.336 e. The van der Waals surface area contributed by atoms with Crippen LogP contribution in [0.15, 0.2) is 50.8 Å². The number of aromatic nitrogens is 3. The summed E-state index contributed by atoms with van der Waals surface area (Å²) in [6.45, 7) is 4.97. The molecule has 1 rings (SSSR count). The van der Waals surface area contributed by atoms with Gasteiger partial charge in [0.15, 0.2) is 0 Å². The topological polar surface area (TPSA) is 145 Å². The lowest BCUT2D eigenvalue weighted by atomic mass is 10.1. The number of nitrogens with zero attached hydrogens (tertiary/aromatic N) is 3. The molecule has 0 spiro atoms. The van der Waals surface area contributed by atoms with Crippen molar-refractivity contribution in [3.05, 3.63) is 67.9 Å². The Morgan fingerprint density at radius 1 is 0.349 bits per heavy atom. The Labute approximate surface area is 379 Å². The number of hydrogen-bond acceptors (Lipinski definition) is 9. The maximum atomic E-state index is 13.5. The quantitative estimate of drug-likeness (QED) is 0.0271. The molecule has 1 aromatic rings. The van der Waals surface area contributed by atoms with E-state index in [4.69, 9.17) is 14.2 Å². The summed E-state index contributed by atoms with van der Waals surface area (Å²) in [6.07, 6.45) is 43.6. The molecule has 1 heterocycles. The molecule has 0 aliphatic carbocycles. The van der Waals surface area contributed by atoms with E-state index in [-0.39, 0.29) is 58.7 Å². The average Bonchev–Trinajstić information content (AvgIpc) is 3.27. The van der Waals surface area contributed by atoms with E-state index >= 15 is 0 Å². The van der Waals surface area contributed by atoms with Crippen LogP contribution in [0.4, 0.5) is 0 Å². The summed E-state index contributed by atoms with van der Waals surface area (Å²) in [6, 6.07) is 0. The van der Waals surface area contributed by atoms with E-state index < -0.39 is 35.0 Å². The highest BCUT2D eigenvalue weighted by Crippen LogP contribution is 2.12. The summed E-state index contributed by atoms with van der Waals surface area (Å²) >= 11 is 0. The second-order valence-electron chi connectivity index (χ2n) is 16.8. The number of hydrogen-bond donors (Lipinski definition) is 0. The first-order valence-corrected chi connectivity index (χ1v) is 25.1. The number of carbonyl (C=O) groups excluding carboxylic acids is 3. The highest BCUT2D eigenvalue weighted by Gasteiger charge is 2.17. The van der Waals surface area contributed by atoms with Crippen molar-refractivity contribution in [2.45, 2.75) is 233 Å². The van der Waals surface area contributed by atoms with Gasteiger partial charge in [-0.25, -0.2) is 28.1 Å². The van der Waals surface area contributed by atoms with Crippen LogP contribution in [-0.4, -0.2) is 51.4 Å². The summed E-state index contributed by atoms with van der Waals surface area (Å²) in [5.74, 6) is -1.50. The van der Waals surface area contributed by atoms with Crippen molar-refractivity contribution in [1.82, 2.24) is 13.7 Å². The second kappa shape index (κ2) is 40.8. The molecule has 0 aliphatic rings. The van der Waals surface area contributed by atoms with Gasteiger partial charge in [0.25, 0.3) is 0 Å². The van der Waals surface area contributed by atoms with E-state index in [1.165, 1.54) is 116 Å². The fraction of sp³-hybridized carbons (Fsp3) is 0.765. The summed E-state index contributed by atoms with van der Waals surface area (Å²) in [5, 5.41) is 0. The molecule has 0 bridgehead atoms. The first-order chi connectivity index (χ1) is 30.8. The molecule has 0 atom stereocenters. The maximum Gasteiger partial charge on any atom is 0.336 e. The van der Waals surface area contributed by atoms with Crippen LogP contribution in [0.3, 0.4) is 0 Å². The average molecular weight is 886 g/mol. The molecular weight excluding hydrogens is 799 g/mol. The van der Waals surface area contributed by atoms with Crippen molar-refractivity contribution < 1.29 is 28.6 Å². The molecule has 0 unspecified atom stereocenters. The Hall–Kier alpha value is -3.96. The van der Waals surface area contributed by atoms with E-state index in [1.807, 2.05) is 18.2 Å². The van der Waals surface area contributed by atoms with E-state index in [1.54, 1.807) is 18.2 Å². The van der Waals surface area contributed by atoms with Crippen molar-refractivity contribution in [1.29, 1.82) is 0 Å². The first-order valence-electron chi connectivity index (χ1n) is 25.1. The van der Waals surface area contributed by atoms with Gasteiger partial charge in [-0.3, -0.25) is 14.4 Å². The highest BCUT2D eigenvalue weighted by atomic mass is 16.5. The van der Waals surface area contributed by atoms with E-state index in [2.05, 4.69) is 20.8 Å². The van der Waals surface area contributed by atoms with Gasteiger partial charge in [-0.15, -0.1) is 0 Å². The van der Waals surface area contributed by atoms with E-state index in [9.17, 15) is 28.8 Å². The molecule has 0 aliphatic heterocycles. The fourth-order valence-electron chi connectivity index (χ4n) is 7.27. The van der Waals surface area contributed by atoms with Crippen molar-refractivity contribution in [3.8, 4) is 0 Å². The Morgan fingerprint density at radius 3 is 0.810 bits per heavy atom. The molecule has 0 saturated carbocycles. The van der Waals surface area contributed by atoms with Crippen LogP contribution in [0.1, 0.15) is 213 Å². The summed E-state index contributed by atoms with van der Waals surface area (Å²) in [7, 11) is 0. The minimum Gasteiger partial charge on any atom is -0.464 e. The normalized spacial score (nSPS) is 11.7. The fourth-order valence-corrected chi connectivity index (χ4v) is 7.27. The van der Waals surface area contributed by atoms with Gasteiger partial charge in [0, 0.05) is 0 Å². The van der Waals surface area contributed by atoms with Crippen molar-refractivity contribution in [3.63, 3.8) is 0 Å². The summed E-state index contributed by atoms with van der Waals surface area (Å²) in [5.41, 5.74) is -2.74. The number of allylic oxidation sites excluding steroid dienone is 3. The number of carbonyl (C=O) groups is 3. The van der Waals surface area contributed by atoms with Crippen LogP contribution in [0.2, 0.25) is 0 Å². The van der Waals surface area contributed by atoms with Gasteiger partial charge >= 0.3 is 35.0 Å². The number of unbranched alkanes of at least 4 members (excludes halogenated alkanes) is 24. The van der Waals surface area contributed by atoms with Gasteiger partial charge in [-0.2, -0.15) is 0 Å².